The summed E-state index contributed by atoms with van der Waals surface area (Å²) in [7, 11) is 0. The van der Waals surface area contributed by atoms with Gasteiger partial charge >= 0.3 is 0 Å². The van der Waals surface area contributed by atoms with Crippen LogP contribution in [0.1, 0.15) is 27.3 Å². The number of amides is 1. The molecule has 1 aliphatic rings. The van der Waals surface area contributed by atoms with E-state index >= 15 is 0 Å². The number of carbonyl (C=O) groups excluding carboxylic acids is 1. The van der Waals surface area contributed by atoms with Gasteiger partial charge in [0.2, 0.25) is 0 Å². The summed E-state index contributed by atoms with van der Waals surface area (Å²) in [5.74, 6) is -0.319. The number of rotatable bonds is 9. The van der Waals surface area contributed by atoms with Crippen LogP contribution in [0.15, 0.2) is 73.1 Å². The number of nitrogens with zero attached hydrogens (tertiary/aromatic N) is 4. The number of β-amino-alcohol motifs (C(OH)–C–C–N with tert-alkyl or cyclic N) is 1. The van der Waals surface area contributed by atoms with Gasteiger partial charge in [-0.25, -0.2) is 4.98 Å². The van der Waals surface area contributed by atoms with Crippen LogP contribution in [-0.2, 0) is 13.0 Å². The largest absolute Gasteiger partial charge is 0.390 e. The monoisotopic (exact) mass is 459 g/mol. The minimum absolute atomic E-state index is 0.255. The number of aromatic nitrogens is 2. The second-order valence-corrected chi connectivity index (χ2v) is 8.94. The third kappa shape index (κ3) is 6.93. The van der Waals surface area contributed by atoms with Crippen LogP contribution in [0.2, 0.25) is 0 Å². The highest BCUT2D eigenvalue weighted by atomic mass is 16.3. The van der Waals surface area contributed by atoms with E-state index in [2.05, 4.69) is 49.4 Å². The molecule has 2 aromatic carbocycles. The minimum atomic E-state index is -0.705. The Morgan fingerprint density at radius 1 is 0.912 bits per heavy atom. The second kappa shape index (κ2) is 11.8. The van der Waals surface area contributed by atoms with E-state index in [-0.39, 0.29) is 11.6 Å². The molecule has 2 heterocycles. The highest BCUT2D eigenvalue weighted by molar-refractivity contribution is 5.92. The molecule has 1 aliphatic heterocycles. The number of carbonyl (C=O) groups is 1. The highest BCUT2D eigenvalue weighted by Crippen LogP contribution is 2.12. The third-order valence-electron chi connectivity index (χ3n) is 6.25. The molecule has 0 saturated carbocycles. The molecule has 4 rings (SSSR count). The van der Waals surface area contributed by atoms with Gasteiger partial charge in [-0.15, -0.1) is 0 Å². The van der Waals surface area contributed by atoms with Crippen LogP contribution in [0.3, 0.4) is 0 Å². The van der Waals surface area contributed by atoms with Gasteiger partial charge in [0.25, 0.3) is 5.91 Å². The molecule has 0 aliphatic carbocycles. The van der Waals surface area contributed by atoms with Crippen molar-refractivity contribution in [3.8, 4) is 0 Å². The first-order chi connectivity index (χ1) is 16.6. The molecule has 0 radical (unpaired) electrons. The summed E-state index contributed by atoms with van der Waals surface area (Å²) in [6, 6.07) is 20.0. The zero-order valence-corrected chi connectivity index (χ0v) is 19.7. The van der Waals surface area contributed by atoms with Crippen molar-refractivity contribution in [1.82, 2.24) is 25.1 Å². The molecular formula is C27H33N5O2. The Kier molecular flexibility index (Phi) is 8.36. The first kappa shape index (κ1) is 24.0. The normalized spacial score (nSPS) is 16.6. The average molecular weight is 460 g/mol. The molecule has 2 atom stereocenters. The van der Waals surface area contributed by atoms with Gasteiger partial charge < -0.3 is 10.4 Å². The van der Waals surface area contributed by atoms with E-state index in [1.807, 2.05) is 43.3 Å². The number of aryl methyl sites for hydroxylation is 1. The number of hydrogen-bond donors (Lipinski definition) is 2. The van der Waals surface area contributed by atoms with Gasteiger partial charge in [-0.1, -0.05) is 60.7 Å². The molecule has 1 fully saturated rings. The van der Waals surface area contributed by atoms with Crippen molar-refractivity contribution in [3.05, 3.63) is 95.6 Å². The van der Waals surface area contributed by atoms with Crippen molar-refractivity contribution in [2.75, 3.05) is 32.7 Å². The number of hydrogen-bond acceptors (Lipinski definition) is 6. The predicted octanol–water partition coefficient (Wildman–Crippen LogP) is 2.30. The maximum atomic E-state index is 12.8. The van der Waals surface area contributed by atoms with Crippen LogP contribution in [0, 0.1) is 6.92 Å². The zero-order valence-electron chi connectivity index (χ0n) is 19.7. The summed E-state index contributed by atoms with van der Waals surface area (Å²) in [5, 5.41) is 14.2. The first-order valence-electron chi connectivity index (χ1n) is 11.9. The number of benzene rings is 2. The van der Waals surface area contributed by atoms with Gasteiger partial charge in [-0.05, 0) is 24.5 Å². The maximum Gasteiger partial charge on any atom is 0.271 e. The van der Waals surface area contributed by atoms with E-state index in [1.165, 1.54) is 11.8 Å². The van der Waals surface area contributed by atoms with Gasteiger partial charge in [0.15, 0.2) is 0 Å². The zero-order chi connectivity index (χ0) is 23.8. The van der Waals surface area contributed by atoms with E-state index in [4.69, 9.17) is 0 Å². The minimum Gasteiger partial charge on any atom is -0.390 e. The molecule has 7 nitrogen and oxygen atoms in total. The molecule has 0 bridgehead atoms. The Balaban J connectivity index is 1.35. The Hall–Kier alpha value is -3.13. The number of aliphatic hydroxyl groups is 1. The van der Waals surface area contributed by atoms with Crippen molar-refractivity contribution >= 4 is 5.91 Å². The van der Waals surface area contributed by atoms with Gasteiger partial charge in [-0.3, -0.25) is 19.6 Å². The van der Waals surface area contributed by atoms with Gasteiger partial charge in [-0.2, -0.15) is 0 Å². The van der Waals surface area contributed by atoms with Crippen molar-refractivity contribution in [2.45, 2.75) is 32.0 Å². The van der Waals surface area contributed by atoms with E-state index in [9.17, 15) is 9.90 Å². The van der Waals surface area contributed by atoms with E-state index in [1.54, 1.807) is 6.20 Å². The molecule has 178 valence electrons. The lowest BCUT2D eigenvalue weighted by atomic mass is 10.00. The fraction of sp³-hybridized carbons (Fsp3) is 0.370. The Bertz CT molecular complexity index is 1020. The molecule has 1 aromatic heterocycles. The van der Waals surface area contributed by atoms with Crippen molar-refractivity contribution in [2.24, 2.45) is 0 Å². The molecule has 34 heavy (non-hydrogen) atoms. The van der Waals surface area contributed by atoms with Gasteiger partial charge in [0.05, 0.1) is 24.0 Å². The lowest BCUT2D eigenvalue weighted by Gasteiger charge is -2.37. The van der Waals surface area contributed by atoms with Crippen LogP contribution in [-0.4, -0.2) is 75.7 Å². The molecule has 0 unspecified atom stereocenters. The Labute approximate surface area is 201 Å². The molecule has 2 N–H and O–H groups in total. The summed E-state index contributed by atoms with van der Waals surface area (Å²) in [6.07, 6.45) is 2.89. The molecule has 1 saturated heterocycles. The summed E-state index contributed by atoms with van der Waals surface area (Å²) in [6.45, 7) is 6.97. The molecular weight excluding hydrogens is 426 g/mol. The van der Waals surface area contributed by atoms with Gasteiger partial charge in [0, 0.05) is 45.5 Å². The van der Waals surface area contributed by atoms with Crippen LogP contribution in [0.25, 0.3) is 0 Å². The van der Waals surface area contributed by atoms with Gasteiger partial charge in [0.1, 0.15) is 5.69 Å². The molecule has 1 amide bonds. The Morgan fingerprint density at radius 2 is 1.53 bits per heavy atom. The topological polar surface area (TPSA) is 81.6 Å². The fourth-order valence-corrected chi connectivity index (χ4v) is 4.27. The van der Waals surface area contributed by atoms with Crippen LogP contribution >= 0.6 is 0 Å². The van der Waals surface area contributed by atoms with Crippen LogP contribution in [0.4, 0.5) is 0 Å². The number of aliphatic hydroxyl groups excluding tert-OH is 1. The molecule has 7 heteroatoms. The number of nitrogens with one attached hydrogen (secondary N) is 1. The highest BCUT2D eigenvalue weighted by Gasteiger charge is 2.27. The smallest absolute Gasteiger partial charge is 0.271 e. The number of piperazine rings is 1. The first-order valence-corrected chi connectivity index (χ1v) is 11.9. The predicted molar refractivity (Wildman–Crippen MR) is 132 cm³/mol. The lowest BCUT2D eigenvalue weighted by molar-refractivity contribution is 0.0476. The lowest BCUT2D eigenvalue weighted by Crippen LogP contribution is -2.53. The summed E-state index contributed by atoms with van der Waals surface area (Å²) in [4.78, 5) is 25.9. The summed E-state index contributed by atoms with van der Waals surface area (Å²) >= 11 is 0. The standard InChI is InChI=1S/C27H33N5O2/c1-21-17-29-25(18-28-21)27(34)30-24(16-22-8-4-2-5-9-22)26(33)20-32-14-12-31(13-15-32)19-23-10-6-3-7-11-23/h2-11,17-18,24,26,33H,12-16,19-20H2,1H3,(H,30,34)/t24-,26-/m0/s1. The van der Waals surface area contributed by atoms with Crippen molar-refractivity contribution in [3.63, 3.8) is 0 Å². The second-order valence-electron chi connectivity index (χ2n) is 8.94. The average Bonchev–Trinajstić information content (AvgIpc) is 2.86. The van der Waals surface area contributed by atoms with Crippen LogP contribution in [0.5, 0.6) is 0 Å². The van der Waals surface area contributed by atoms with Crippen molar-refractivity contribution < 1.29 is 9.90 Å². The van der Waals surface area contributed by atoms with Crippen molar-refractivity contribution in [1.29, 1.82) is 0 Å². The Morgan fingerprint density at radius 3 is 2.15 bits per heavy atom. The fourth-order valence-electron chi connectivity index (χ4n) is 4.27. The third-order valence-corrected chi connectivity index (χ3v) is 6.25. The van der Waals surface area contributed by atoms with E-state index < -0.39 is 12.1 Å². The summed E-state index contributed by atoms with van der Waals surface area (Å²) < 4.78 is 0. The molecule has 3 aromatic rings. The maximum absolute atomic E-state index is 12.8. The summed E-state index contributed by atoms with van der Waals surface area (Å²) in [5.41, 5.74) is 3.39. The SMILES string of the molecule is Cc1cnc(C(=O)N[C@@H](Cc2ccccc2)[C@@H](O)CN2CCN(Cc3ccccc3)CC2)cn1. The quantitative estimate of drug-likeness (QED) is 0.511. The van der Waals surface area contributed by atoms with E-state index in [0.29, 0.717) is 13.0 Å². The molecule has 0 spiro atoms. The van der Waals surface area contributed by atoms with E-state index in [0.717, 1.165) is 44.0 Å². The van der Waals surface area contributed by atoms with Crippen LogP contribution < -0.4 is 5.32 Å².